The molecular weight excluding hydrogens is 304 g/mol. The quantitative estimate of drug-likeness (QED) is 0.764. The molecule has 0 aliphatic carbocycles. The summed E-state index contributed by atoms with van der Waals surface area (Å²) in [5, 5.41) is 7.40. The van der Waals surface area contributed by atoms with E-state index in [4.69, 9.17) is 0 Å². The van der Waals surface area contributed by atoms with Crippen LogP contribution in [0.5, 0.6) is 0 Å². The third-order valence-electron chi connectivity index (χ3n) is 4.02. The van der Waals surface area contributed by atoms with Crippen LogP contribution >= 0.6 is 0 Å². The molecule has 1 N–H and O–H groups in total. The molecule has 0 amide bonds. The number of nitrogens with zero attached hydrogens (tertiary/aromatic N) is 7. The maximum Gasteiger partial charge on any atom is 0.160 e. The Labute approximate surface area is 139 Å². The van der Waals surface area contributed by atoms with Crippen molar-refractivity contribution < 1.29 is 0 Å². The van der Waals surface area contributed by atoms with E-state index in [0.717, 1.165) is 24.7 Å². The van der Waals surface area contributed by atoms with Crippen molar-refractivity contribution >= 4 is 11.6 Å². The zero-order valence-corrected chi connectivity index (χ0v) is 13.2. The third kappa shape index (κ3) is 3.17. The largest absolute Gasteiger partial charge is 0.366 e. The Morgan fingerprint density at radius 1 is 1.00 bits per heavy atom. The molecule has 8 nitrogen and oxygen atoms in total. The maximum absolute atomic E-state index is 4.48. The first-order valence-corrected chi connectivity index (χ1v) is 7.99. The fourth-order valence-electron chi connectivity index (χ4n) is 2.78. The number of anilines is 2. The average Bonchev–Trinajstić information content (AvgIpc) is 3.34. The van der Waals surface area contributed by atoms with Crippen LogP contribution in [0.1, 0.15) is 18.4 Å². The lowest BCUT2D eigenvalue weighted by Gasteiger charge is -2.17. The van der Waals surface area contributed by atoms with Gasteiger partial charge in [0.1, 0.15) is 30.6 Å². The molecule has 0 saturated carbocycles. The van der Waals surface area contributed by atoms with Crippen molar-refractivity contribution in [2.24, 2.45) is 0 Å². The Balaban J connectivity index is 1.45. The van der Waals surface area contributed by atoms with Gasteiger partial charge in [-0.15, -0.1) is 0 Å². The van der Waals surface area contributed by atoms with Crippen molar-refractivity contribution in [2.75, 3.05) is 23.3 Å². The molecule has 1 saturated heterocycles. The van der Waals surface area contributed by atoms with E-state index in [9.17, 15) is 0 Å². The molecule has 1 fully saturated rings. The van der Waals surface area contributed by atoms with Crippen molar-refractivity contribution in [2.45, 2.75) is 19.4 Å². The van der Waals surface area contributed by atoms with E-state index in [1.54, 1.807) is 11.0 Å². The molecule has 0 unspecified atom stereocenters. The van der Waals surface area contributed by atoms with Crippen LogP contribution < -0.4 is 10.2 Å². The van der Waals surface area contributed by atoms with Crippen molar-refractivity contribution in [1.82, 2.24) is 29.7 Å². The van der Waals surface area contributed by atoms with Crippen LogP contribution in [0.2, 0.25) is 0 Å². The van der Waals surface area contributed by atoms with Crippen molar-refractivity contribution in [3.63, 3.8) is 0 Å². The summed E-state index contributed by atoms with van der Waals surface area (Å²) < 4.78 is 1.60. The second kappa shape index (κ2) is 6.61. The van der Waals surface area contributed by atoms with Gasteiger partial charge in [-0.3, -0.25) is 0 Å². The highest BCUT2D eigenvalue weighted by Crippen LogP contribution is 2.19. The van der Waals surface area contributed by atoms with Gasteiger partial charge in [0.05, 0.1) is 0 Å². The summed E-state index contributed by atoms with van der Waals surface area (Å²) in [5.41, 5.74) is 1.17. The highest BCUT2D eigenvalue weighted by atomic mass is 15.3. The first-order chi connectivity index (χ1) is 11.9. The summed E-state index contributed by atoms with van der Waals surface area (Å²) in [6.45, 7) is 2.87. The minimum Gasteiger partial charge on any atom is -0.366 e. The number of rotatable bonds is 5. The van der Waals surface area contributed by atoms with Crippen LogP contribution in [0.3, 0.4) is 0 Å². The van der Waals surface area contributed by atoms with Crippen LogP contribution in [-0.2, 0) is 6.54 Å². The van der Waals surface area contributed by atoms with E-state index < -0.39 is 0 Å². The predicted octanol–water partition coefficient (Wildman–Crippen LogP) is 1.66. The number of nitrogens with one attached hydrogen (secondary N) is 1. The van der Waals surface area contributed by atoms with Crippen molar-refractivity contribution in [3.8, 4) is 5.82 Å². The fraction of sp³-hybridized carbons (Fsp3) is 0.312. The number of aromatic nitrogens is 6. The Kier molecular flexibility index (Phi) is 4.01. The molecule has 0 spiro atoms. The SMILES string of the molecule is c1cc(CNc2cc(-n3cncn3)ncn2)cc(N2CCCC2)n1. The van der Waals surface area contributed by atoms with Gasteiger partial charge in [-0.25, -0.2) is 24.6 Å². The summed E-state index contributed by atoms with van der Waals surface area (Å²) in [6, 6.07) is 6.00. The van der Waals surface area contributed by atoms with E-state index in [1.165, 1.54) is 31.1 Å². The van der Waals surface area contributed by atoms with E-state index >= 15 is 0 Å². The van der Waals surface area contributed by atoms with E-state index in [2.05, 4.69) is 41.3 Å². The standard InChI is InChI=1S/C16H18N8/c1-2-6-23(5-1)15-7-13(3-4-18-15)9-19-14-8-16(21-11-20-14)24-12-17-10-22-24/h3-4,7-8,10-12H,1-2,5-6,9H2,(H,19,20,21). The predicted molar refractivity (Wildman–Crippen MR) is 90.0 cm³/mol. The first-order valence-electron chi connectivity index (χ1n) is 7.99. The second-order valence-corrected chi connectivity index (χ2v) is 5.67. The summed E-state index contributed by atoms with van der Waals surface area (Å²) in [7, 11) is 0. The topological polar surface area (TPSA) is 84.7 Å². The van der Waals surface area contributed by atoms with Gasteiger partial charge in [0.25, 0.3) is 0 Å². The summed E-state index contributed by atoms with van der Waals surface area (Å²) >= 11 is 0. The van der Waals surface area contributed by atoms with Gasteiger partial charge in [-0.1, -0.05) is 0 Å². The van der Waals surface area contributed by atoms with Gasteiger partial charge in [0, 0.05) is 31.9 Å². The first kappa shape index (κ1) is 14.6. The van der Waals surface area contributed by atoms with Crippen LogP contribution in [0, 0.1) is 0 Å². The summed E-state index contributed by atoms with van der Waals surface area (Å²) in [6.07, 6.45) is 8.96. The number of pyridine rings is 1. The molecule has 0 aromatic carbocycles. The molecule has 1 aliphatic rings. The highest BCUT2D eigenvalue weighted by molar-refractivity contribution is 5.44. The zero-order valence-electron chi connectivity index (χ0n) is 13.2. The van der Waals surface area contributed by atoms with Crippen LogP contribution in [0.25, 0.3) is 5.82 Å². The smallest absolute Gasteiger partial charge is 0.160 e. The molecule has 4 rings (SSSR count). The molecule has 8 heteroatoms. The number of hydrogen-bond acceptors (Lipinski definition) is 7. The zero-order chi connectivity index (χ0) is 16.2. The van der Waals surface area contributed by atoms with Crippen LogP contribution in [0.4, 0.5) is 11.6 Å². The molecule has 24 heavy (non-hydrogen) atoms. The molecule has 122 valence electrons. The Morgan fingerprint density at radius 3 is 2.75 bits per heavy atom. The van der Waals surface area contributed by atoms with Gasteiger partial charge in [0.2, 0.25) is 0 Å². The monoisotopic (exact) mass is 322 g/mol. The molecule has 0 atom stereocenters. The maximum atomic E-state index is 4.48. The van der Waals surface area contributed by atoms with Crippen LogP contribution in [0.15, 0.2) is 43.4 Å². The van der Waals surface area contributed by atoms with Gasteiger partial charge in [-0.2, -0.15) is 5.10 Å². The average molecular weight is 322 g/mol. The molecule has 0 radical (unpaired) electrons. The van der Waals surface area contributed by atoms with Gasteiger partial charge < -0.3 is 10.2 Å². The van der Waals surface area contributed by atoms with Crippen molar-refractivity contribution in [3.05, 3.63) is 48.9 Å². The third-order valence-corrected chi connectivity index (χ3v) is 4.02. The normalized spacial score (nSPS) is 14.1. The Hall–Kier alpha value is -3.03. The second-order valence-electron chi connectivity index (χ2n) is 5.67. The molecule has 3 aromatic heterocycles. The highest BCUT2D eigenvalue weighted by Gasteiger charge is 2.13. The lowest BCUT2D eigenvalue weighted by Crippen LogP contribution is -2.19. The summed E-state index contributed by atoms with van der Waals surface area (Å²) in [5.74, 6) is 2.48. The minimum absolute atomic E-state index is 0.678. The van der Waals surface area contributed by atoms with Gasteiger partial charge >= 0.3 is 0 Å². The van der Waals surface area contributed by atoms with E-state index in [0.29, 0.717) is 12.4 Å². The molecule has 3 aromatic rings. The summed E-state index contributed by atoms with van der Waals surface area (Å²) in [4.78, 5) is 19.2. The van der Waals surface area contributed by atoms with E-state index in [1.807, 2.05) is 18.3 Å². The fourth-order valence-corrected chi connectivity index (χ4v) is 2.78. The molecule has 1 aliphatic heterocycles. The Bertz CT molecular complexity index is 795. The lowest BCUT2D eigenvalue weighted by molar-refractivity contribution is 0.837. The number of hydrogen-bond donors (Lipinski definition) is 1. The van der Waals surface area contributed by atoms with E-state index in [-0.39, 0.29) is 0 Å². The van der Waals surface area contributed by atoms with Gasteiger partial charge in [-0.05, 0) is 30.5 Å². The molecule has 4 heterocycles. The molecule has 0 bridgehead atoms. The van der Waals surface area contributed by atoms with Crippen molar-refractivity contribution in [1.29, 1.82) is 0 Å². The Morgan fingerprint density at radius 2 is 1.92 bits per heavy atom. The van der Waals surface area contributed by atoms with Crippen LogP contribution in [-0.4, -0.2) is 42.8 Å². The minimum atomic E-state index is 0.678. The van der Waals surface area contributed by atoms with Gasteiger partial charge in [0.15, 0.2) is 5.82 Å². The lowest BCUT2D eigenvalue weighted by atomic mass is 10.2. The molecular formula is C16H18N8.